The fourth-order valence-corrected chi connectivity index (χ4v) is 2.09. The number of rotatable bonds is 4. The maximum atomic E-state index is 6.05. The van der Waals surface area contributed by atoms with E-state index in [1.54, 1.807) is 7.11 Å². The van der Waals surface area contributed by atoms with E-state index in [1.165, 1.54) is 0 Å². The van der Waals surface area contributed by atoms with Crippen LogP contribution in [0.2, 0.25) is 5.15 Å². The highest BCUT2D eigenvalue weighted by Crippen LogP contribution is 2.26. The topological polar surface area (TPSA) is 63.9 Å². The molecule has 0 atom stereocenters. The number of hydrogen-bond donors (Lipinski definition) is 2. The van der Waals surface area contributed by atoms with Gasteiger partial charge in [-0.2, -0.15) is 0 Å². The van der Waals surface area contributed by atoms with E-state index in [0.717, 1.165) is 28.4 Å². The number of nitrogens with zero attached hydrogens (tertiary/aromatic N) is 1. The second kappa shape index (κ2) is 5.42. The van der Waals surface area contributed by atoms with E-state index in [1.807, 2.05) is 25.1 Å². The van der Waals surface area contributed by atoms with Gasteiger partial charge in [0, 0.05) is 12.0 Å². The van der Waals surface area contributed by atoms with Crippen LogP contribution in [0.4, 0.5) is 0 Å². The summed E-state index contributed by atoms with van der Waals surface area (Å²) >= 11 is 6.05. The van der Waals surface area contributed by atoms with Crippen molar-refractivity contribution in [3.63, 3.8) is 0 Å². The predicted octanol–water partition coefficient (Wildman–Crippen LogP) is 2.55. The third-order valence-corrected chi connectivity index (χ3v) is 3.10. The van der Waals surface area contributed by atoms with Crippen LogP contribution >= 0.6 is 11.6 Å². The molecule has 4 nitrogen and oxygen atoms in total. The zero-order valence-corrected chi connectivity index (χ0v) is 11.2. The van der Waals surface area contributed by atoms with E-state index in [9.17, 15) is 0 Å². The average molecular weight is 266 g/mol. The van der Waals surface area contributed by atoms with Crippen molar-refractivity contribution in [3.05, 3.63) is 34.6 Å². The van der Waals surface area contributed by atoms with Crippen molar-refractivity contribution < 1.29 is 4.74 Å². The van der Waals surface area contributed by atoms with Gasteiger partial charge in [-0.3, -0.25) is 0 Å². The van der Waals surface area contributed by atoms with Crippen LogP contribution in [0.25, 0.3) is 11.4 Å². The van der Waals surface area contributed by atoms with Gasteiger partial charge in [0.1, 0.15) is 11.6 Å². The molecule has 1 aromatic heterocycles. The van der Waals surface area contributed by atoms with Gasteiger partial charge in [-0.1, -0.05) is 11.6 Å². The summed E-state index contributed by atoms with van der Waals surface area (Å²) in [4.78, 5) is 7.51. The number of methoxy groups -OCH3 is 1. The Bertz CT molecular complexity index is 551. The van der Waals surface area contributed by atoms with Crippen molar-refractivity contribution in [1.29, 1.82) is 0 Å². The normalized spacial score (nSPS) is 10.7. The Balaban J connectivity index is 2.36. The molecule has 0 aliphatic heterocycles. The summed E-state index contributed by atoms with van der Waals surface area (Å²) in [6, 6.07) is 5.89. The molecule has 0 spiro atoms. The van der Waals surface area contributed by atoms with E-state index < -0.39 is 0 Å². The van der Waals surface area contributed by atoms with Crippen LogP contribution in [0.5, 0.6) is 5.75 Å². The molecule has 0 aliphatic carbocycles. The highest BCUT2D eigenvalue weighted by Gasteiger charge is 2.10. The van der Waals surface area contributed by atoms with Crippen molar-refractivity contribution >= 4 is 11.6 Å². The number of benzene rings is 1. The minimum Gasteiger partial charge on any atom is -0.496 e. The van der Waals surface area contributed by atoms with Gasteiger partial charge in [-0.25, -0.2) is 4.98 Å². The second-order valence-corrected chi connectivity index (χ2v) is 4.44. The van der Waals surface area contributed by atoms with Crippen LogP contribution in [-0.2, 0) is 6.42 Å². The standard InChI is InChI=1S/C13H16ClN3O/c1-8-7-9(3-4-11(8)18-2)13-16-10(5-6-15)12(14)17-13/h3-4,7H,5-6,15H2,1-2H3,(H,16,17). The fraction of sp³-hybridized carbons (Fsp3) is 0.308. The summed E-state index contributed by atoms with van der Waals surface area (Å²) in [7, 11) is 1.66. The summed E-state index contributed by atoms with van der Waals surface area (Å²) < 4.78 is 5.23. The lowest BCUT2D eigenvalue weighted by molar-refractivity contribution is 0.412. The molecule has 1 heterocycles. The first-order valence-electron chi connectivity index (χ1n) is 5.75. The van der Waals surface area contributed by atoms with Crippen LogP contribution < -0.4 is 10.5 Å². The molecule has 0 saturated carbocycles. The van der Waals surface area contributed by atoms with Gasteiger partial charge in [-0.05, 0) is 37.2 Å². The lowest BCUT2D eigenvalue weighted by Gasteiger charge is -2.05. The molecule has 1 aromatic carbocycles. The minimum atomic E-state index is 0.490. The molecule has 18 heavy (non-hydrogen) atoms. The molecule has 0 amide bonds. The zero-order valence-electron chi connectivity index (χ0n) is 10.5. The van der Waals surface area contributed by atoms with Gasteiger partial charge in [-0.15, -0.1) is 0 Å². The molecule has 5 heteroatoms. The summed E-state index contributed by atoms with van der Waals surface area (Å²) in [5.41, 5.74) is 8.44. The smallest absolute Gasteiger partial charge is 0.150 e. The van der Waals surface area contributed by atoms with Crippen molar-refractivity contribution in [2.24, 2.45) is 5.73 Å². The zero-order chi connectivity index (χ0) is 13.1. The van der Waals surface area contributed by atoms with Gasteiger partial charge < -0.3 is 15.5 Å². The number of halogens is 1. The largest absolute Gasteiger partial charge is 0.496 e. The highest BCUT2D eigenvalue weighted by atomic mass is 35.5. The number of H-pyrrole nitrogens is 1. The van der Waals surface area contributed by atoms with Gasteiger partial charge in [0.15, 0.2) is 5.15 Å². The molecule has 2 rings (SSSR count). The Hall–Kier alpha value is -1.52. The molecule has 0 radical (unpaired) electrons. The number of ether oxygens (including phenoxy) is 1. The van der Waals surface area contributed by atoms with E-state index in [4.69, 9.17) is 22.1 Å². The first kappa shape index (κ1) is 12.9. The predicted molar refractivity (Wildman–Crippen MR) is 73.1 cm³/mol. The number of aromatic nitrogens is 2. The molecule has 0 bridgehead atoms. The second-order valence-electron chi connectivity index (χ2n) is 4.08. The molecular weight excluding hydrogens is 250 g/mol. The van der Waals surface area contributed by atoms with Gasteiger partial charge >= 0.3 is 0 Å². The van der Waals surface area contributed by atoms with E-state index in [2.05, 4.69) is 9.97 Å². The summed E-state index contributed by atoms with van der Waals surface area (Å²) in [5, 5.41) is 0.490. The average Bonchev–Trinajstić information content (AvgIpc) is 2.71. The number of nitrogens with one attached hydrogen (secondary N) is 1. The van der Waals surface area contributed by atoms with Gasteiger partial charge in [0.05, 0.1) is 12.8 Å². The van der Waals surface area contributed by atoms with E-state index in [-0.39, 0.29) is 0 Å². The number of aromatic amines is 1. The van der Waals surface area contributed by atoms with Crippen LogP contribution in [0.3, 0.4) is 0 Å². The maximum Gasteiger partial charge on any atom is 0.150 e. The third kappa shape index (κ3) is 2.49. The lowest BCUT2D eigenvalue weighted by Crippen LogP contribution is -2.03. The van der Waals surface area contributed by atoms with Crippen LogP contribution in [0.1, 0.15) is 11.3 Å². The number of aryl methyl sites for hydroxylation is 1. The fourth-order valence-electron chi connectivity index (χ4n) is 1.86. The summed E-state index contributed by atoms with van der Waals surface area (Å²) in [6.07, 6.45) is 0.695. The number of hydrogen-bond acceptors (Lipinski definition) is 3. The Labute approximate surface area is 111 Å². The molecule has 2 aromatic rings. The molecule has 0 aliphatic rings. The minimum absolute atomic E-state index is 0.490. The Morgan fingerprint density at radius 3 is 2.83 bits per heavy atom. The summed E-state index contributed by atoms with van der Waals surface area (Å²) in [6.45, 7) is 2.54. The quantitative estimate of drug-likeness (QED) is 0.893. The van der Waals surface area contributed by atoms with E-state index >= 15 is 0 Å². The van der Waals surface area contributed by atoms with Crippen LogP contribution in [0.15, 0.2) is 18.2 Å². The molecule has 0 fully saturated rings. The number of nitrogens with two attached hydrogens (primary N) is 1. The highest BCUT2D eigenvalue weighted by molar-refractivity contribution is 6.30. The Morgan fingerprint density at radius 2 is 2.22 bits per heavy atom. The van der Waals surface area contributed by atoms with Crippen LogP contribution in [-0.4, -0.2) is 23.6 Å². The molecular formula is C13H16ClN3O. The van der Waals surface area contributed by atoms with Gasteiger partial charge in [0.2, 0.25) is 0 Å². The third-order valence-electron chi connectivity index (χ3n) is 2.79. The first-order chi connectivity index (χ1) is 8.65. The van der Waals surface area contributed by atoms with Crippen molar-refractivity contribution in [3.8, 4) is 17.1 Å². The molecule has 0 saturated heterocycles. The van der Waals surface area contributed by atoms with Crippen LogP contribution in [0, 0.1) is 6.92 Å². The van der Waals surface area contributed by atoms with Crippen molar-refractivity contribution in [2.45, 2.75) is 13.3 Å². The molecule has 3 N–H and O–H groups in total. The Morgan fingerprint density at radius 1 is 1.44 bits per heavy atom. The van der Waals surface area contributed by atoms with Gasteiger partial charge in [0.25, 0.3) is 0 Å². The monoisotopic (exact) mass is 265 g/mol. The van der Waals surface area contributed by atoms with Crippen molar-refractivity contribution in [2.75, 3.05) is 13.7 Å². The molecule has 96 valence electrons. The lowest BCUT2D eigenvalue weighted by atomic mass is 10.1. The molecule has 0 unspecified atom stereocenters. The van der Waals surface area contributed by atoms with Crippen molar-refractivity contribution in [1.82, 2.24) is 9.97 Å². The first-order valence-corrected chi connectivity index (χ1v) is 6.13. The SMILES string of the molecule is COc1ccc(-c2nc(Cl)c(CCN)[nH]2)cc1C. The summed E-state index contributed by atoms with van der Waals surface area (Å²) in [5.74, 6) is 1.62. The Kier molecular flexibility index (Phi) is 3.89. The maximum absolute atomic E-state index is 6.05. The van der Waals surface area contributed by atoms with E-state index in [0.29, 0.717) is 18.1 Å². The number of imidazole rings is 1.